The first kappa shape index (κ1) is 24.6. The monoisotopic (exact) mass is 435 g/mol. The number of nitrogens with two attached hydrogens (primary N) is 1. The van der Waals surface area contributed by atoms with Gasteiger partial charge in [0.05, 0.1) is 25.4 Å². The number of sulfonamides is 1. The minimum absolute atomic E-state index is 0. The van der Waals surface area contributed by atoms with Crippen molar-refractivity contribution in [2.24, 2.45) is 5.73 Å². The number of rotatable bonds is 8. The Morgan fingerprint density at radius 2 is 1.96 bits per heavy atom. The second-order valence-electron chi connectivity index (χ2n) is 6.73. The lowest BCUT2D eigenvalue weighted by Crippen LogP contribution is -2.48. The lowest BCUT2D eigenvalue weighted by atomic mass is 9.96. The maximum absolute atomic E-state index is 13.1. The van der Waals surface area contributed by atoms with Crippen LogP contribution in [0.1, 0.15) is 33.6 Å². The molecule has 0 spiro atoms. The molecule has 0 bridgehead atoms. The zero-order valence-corrected chi connectivity index (χ0v) is 18.2. The largest absolute Gasteiger partial charge is 0.492 e. The molecule has 0 radical (unpaired) electrons. The summed E-state index contributed by atoms with van der Waals surface area (Å²) in [6.07, 6.45) is 1.29. The van der Waals surface area contributed by atoms with Gasteiger partial charge >= 0.3 is 0 Å². The summed E-state index contributed by atoms with van der Waals surface area (Å²) in [4.78, 5) is 12.5. The summed E-state index contributed by atoms with van der Waals surface area (Å²) < 4.78 is 38.3. The number of hydrogen-bond acceptors (Lipinski definition) is 6. The summed E-state index contributed by atoms with van der Waals surface area (Å²) in [6, 6.07) is 4.60. The van der Waals surface area contributed by atoms with Gasteiger partial charge in [0.2, 0.25) is 15.9 Å². The van der Waals surface area contributed by atoms with Crippen LogP contribution in [-0.2, 0) is 19.6 Å². The highest BCUT2D eigenvalue weighted by molar-refractivity contribution is 7.89. The van der Waals surface area contributed by atoms with E-state index in [9.17, 15) is 13.2 Å². The first-order chi connectivity index (χ1) is 12.7. The van der Waals surface area contributed by atoms with Gasteiger partial charge in [-0.2, -0.15) is 4.31 Å². The molecule has 1 aromatic carbocycles. The molecule has 10 heteroatoms. The molecule has 8 nitrogen and oxygen atoms in total. The van der Waals surface area contributed by atoms with E-state index in [4.69, 9.17) is 15.2 Å². The van der Waals surface area contributed by atoms with E-state index in [2.05, 4.69) is 5.32 Å². The predicted molar refractivity (Wildman–Crippen MR) is 111 cm³/mol. The van der Waals surface area contributed by atoms with Gasteiger partial charge < -0.3 is 20.5 Å². The van der Waals surface area contributed by atoms with Crippen molar-refractivity contribution in [2.45, 2.75) is 44.0 Å². The van der Waals surface area contributed by atoms with Gasteiger partial charge in [-0.15, -0.1) is 12.4 Å². The van der Waals surface area contributed by atoms with Crippen molar-refractivity contribution in [1.29, 1.82) is 0 Å². The van der Waals surface area contributed by atoms with Crippen molar-refractivity contribution < 1.29 is 22.7 Å². The Morgan fingerprint density at radius 1 is 1.32 bits per heavy atom. The maximum atomic E-state index is 13.1. The highest BCUT2D eigenvalue weighted by atomic mass is 35.5. The molecule has 1 aliphatic heterocycles. The summed E-state index contributed by atoms with van der Waals surface area (Å²) >= 11 is 0. The van der Waals surface area contributed by atoms with E-state index in [0.717, 1.165) is 6.42 Å². The smallest absolute Gasteiger partial charge is 0.246 e. The van der Waals surface area contributed by atoms with Crippen molar-refractivity contribution >= 4 is 34.0 Å². The van der Waals surface area contributed by atoms with Crippen molar-refractivity contribution in [1.82, 2.24) is 4.31 Å². The average Bonchev–Trinajstić information content (AvgIpc) is 2.63. The normalized spacial score (nSPS) is 17.3. The van der Waals surface area contributed by atoms with Gasteiger partial charge in [0.15, 0.2) is 0 Å². The first-order valence-corrected chi connectivity index (χ1v) is 10.6. The molecule has 1 saturated heterocycles. The van der Waals surface area contributed by atoms with Crippen molar-refractivity contribution in [2.75, 3.05) is 38.2 Å². The molecule has 1 heterocycles. The van der Waals surface area contributed by atoms with E-state index >= 15 is 0 Å². The SMILES string of the molecule is CCCC(C)(N)C(=O)Nc1ccc(OCC)c(S(=O)(=O)N2CCOCC2)c1.Cl. The fraction of sp³-hybridized carbons (Fsp3) is 0.611. The number of anilines is 1. The van der Waals surface area contributed by atoms with Crippen LogP contribution in [0.2, 0.25) is 0 Å². The Kier molecular flexibility index (Phi) is 9.16. The van der Waals surface area contributed by atoms with Gasteiger partial charge in [-0.1, -0.05) is 13.3 Å². The predicted octanol–water partition coefficient (Wildman–Crippen LogP) is 1.98. The Bertz CT molecular complexity index is 764. The minimum atomic E-state index is -3.77. The van der Waals surface area contributed by atoms with E-state index in [0.29, 0.717) is 31.9 Å². The number of nitrogens with one attached hydrogen (secondary N) is 1. The Morgan fingerprint density at radius 3 is 2.54 bits per heavy atom. The number of amides is 1. The lowest BCUT2D eigenvalue weighted by molar-refractivity contribution is -0.120. The van der Waals surface area contributed by atoms with Crippen LogP contribution in [0.25, 0.3) is 0 Å². The summed E-state index contributed by atoms with van der Waals surface area (Å²) in [5, 5.41) is 2.72. The third-order valence-electron chi connectivity index (χ3n) is 4.38. The molecule has 28 heavy (non-hydrogen) atoms. The van der Waals surface area contributed by atoms with E-state index in [-0.39, 0.29) is 42.0 Å². The van der Waals surface area contributed by atoms with E-state index in [1.165, 1.54) is 10.4 Å². The zero-order chi connectivity index (χ0) is 20.1. The van der Waals surface area contributed by atoms with Crippen molar-refractivity contribution in [3.8, 4) is 5.75 Å². The third-order valence-corrected chi connectivity index (χ3v) is 6.30. The summed E-state index contributed by atoms with van der Waals surface area (Å²) in [7, 11) is -3.77. The molecule has 0 aromatic heterocycles. The van der Waals surface area contributed by atoms with Crippen molar-refractivity contribution in [3.05, 3.63) is 18.2 Å². The molecule has 1 aromatic rings. The Hall–Kier alpha value is -1.39. The molecular formula is C18H30ClN3O5S. The second kappa shape index (κ2) is 10.4. The molecule has 160 valence electrons. The number of nitrogens with zero attached hydrogens (tertiary/aromatic N) is 1. The minimum Gasteiger partial charge on any atom is -0.492 e. The molecule has 2 rings (SSSR count). The van der Waals surface area contributed by atoms with E-state index in [1.807, 2.05) is 6.92 Å². The van der Waals surface area contributed by atoms with Gasteiger partial charge in [-0.25, -0.2) is 8.42 Å². The third kappa shape index (κ3) is 5.81. The average molecular weight is 436 g/mol. The molecule has 1 fully saturated rings. The van der Waals surface area contributed by atoms with Crippen LogP contribution >= 0.6 is 12.4 Å². The number of halogens is 1. The van der Waals surface area contributed by atoms with Crippen LogP contribution in [0.15, 0.2) is 23.1 Å². The van der Waals surface area contributed by atoms with Crippen LogP contribution in [0.4, 0.5) is 5.69 Å². The van der Waals surface area contributed by atoms with Crippen LogP contribution in [0.3, 0.4) is 0 Å². The molecular weight excluding hydrogens is 406 g/mol. The number of carbonyl (C=O) groups is 1. The molecule has 0 saturated carbocycles. The number of benzene rings is 1. The molecule has 1 unspecified atom stereocenters. The topological polar surface area (TPSA) is 111 Å². The summed E-state index contributed by atoms with van der Waals surface area (Å²) in [6.45, 7) is 6.97. The number of ether oxygens (including phenoxy) is 2. The standard InChI is InChI=1S/C18H29N3O5S.ClH/c1-4-8-18(3,19)17(22)20-14-6-7-15(26-5-2)16(13-14)27(23,24)21-9-11-25-12-10-21;/h6-7,13H,4-5,8-12,19H2,1-3H3,(H,20,22);1H. The van der Waals surface area contributed by atoms with Gasteiger partial charge in [0, 0.05) is 18.8 Å². The van der Waals surface area contributed by atoms with Gasteiger partial charge in [-0.05, 0) is 38.5 Å². The number of morpholine rings is 1. The van der Waals surface area contributed by atoms with E-state index < -0.39 is 15.6 Å². The molecule has 1 atom stereocenters. The number of hydrogen-bond donors (Lipinski definition) is 2. The highest BCUT2D eigenvalue weighted by Crippen LogP contribution is 2.31. The van der Waals surface area contributed by atoms with E-state index in [1.54, 1.807) is 26.0 Å². The molecule has 0 aliphatic carbocycles. The molecule has 3 N–H and O–H groups in total. The fourth-order valence-corrected chi connectivity index (χ4v) is 4.46. The highest BCUT2D eigenvalue weighted by Gasteiger charge is 2.31. The van der Waals surface area contributed by atoms with Crippen LogP contribution in [0, 0.1) is 0 Å². The van der Waals surface area contributed by atoms with Gasteiger partial charge in [0.25, 0.3) is 0 Å². The summed E-state index contributed by atoms with van der Waals surface area (Å²) in [5.41, 5.74) is 5.39. The van der Waals surface area contributed by atoms with Crippen LogP contribution < -0.4 is 15.8 Å². The maximum Gasteiger partial charge on any atom is 0.246 e. The Balaban J connectivity index is 0.00000392. The summed E-state index contributed by atoms with van der Waals surface area (Å²) in [5.74, 6) is -0.103. The first-order valence-electron chi connectivity index (χ1n) is 9.17. The number of carbonyl (C=O) groups excluding carboxylic acids is 1. The van der Waals surface area contributed by atoms with Crippen LogP contribution in [-0.4, -0.2) is 57.1 Å². The van der Waals surface area contributed by atoms with Crippen molar-refractivity contribution in [3.63, 3.8) is 0 Å². The molecule has 1 amide bonds. The van der Waals surface area contributed by atoms with Gasteiger partial charge in [-0.3, -0.25) is 4.79 Å². The quantitative estimate of drug-likeness (QED) is 0.645. The van der Waals surface area contributed by atoms with Gasteiger partial charge in [0.1, 0.15) is 10.6 Å². The molecule has 1 aliphatic rings. The van der Waals surface area contributed by atoms with Crippen LogP contribution in [0.5, 0.6) is 5.75 Å². The zero-order valence-electron chi connectivity index (χ0n) is 16.6. The fourth-order valence-electron chi connectivity index (χ4n) is 2.89. The second-order valence-corrected chi connectivity index (χ2v) is 8.64. The Labute approximate surface area is 173 Å². The lowest BCUT2D eigenvalue weighted by Gasteiger charge is -2.27.